The van der Waals surface area contributed by atoms with Crippen LogP contribution >= 0.6 is 0 Å². The molecule has 1 N–H and O–H groups in total. The summed E-state index contributed by atoms with van der Waals surface area (Å²) < 4.78 is 10.6. The average molecular weight is 332 g/mol. The number of ether oxygens (including phenoxy) is 2. The molecular formula is C18H24N2O4. The van der Waals surface area contributed by atoms with Crippen molar-refractivity contribution in [2.45, 2.75) is 38.1 Å². The molecule has 3 aliphatic heterocycles. The van der Waals surface area contributed by atoms with E-state index in [9.17, 15) is 9.90 Å². The van der Waals surface area contributed by atoms with E-state index in [1.807, 2.05) is 4.90 Å². The third kappa shape index (κ3) is 2.90. The van der Waals surface area contributed by atoms with Crippen LogP contribution in [0, 0.1) is 0 Å². The first-order valence-corrected chi connectivity index (χ1v) is 8.88. The van der Waals surface area contributed by atoms with Gasteiger partial charge in [0.05, 0.1) is 5.56 Å². The summed E-state index contributed by atoms with van der Waals surface area (Å²) in [5, 5.41) is 10.2. The molecular weight excluding hydrogens is 308 g/mol. The highest BCUT2D eigenvalue weighted by Crippen LogP contribution is 2.38. The molecule has 6 nitrogen and oxygen atoms in total. The van der Waals surface area contributed by atoms with Crippen molar-refractivity contribution in [2.24, 2.45) is 0 Å². The zero-order valence-electron chi connectivity index (χ0n) is 13.9. The molecule has 6 heteroatoms. The first kappa shape index (κ1) is 15.6. The van der Waals surface area contributed by atoms with E-state index in [0.717, 1.165) is 32.4 Å². The number of fused-ring (bicyclic) bond motifs is 1. The highest BCUT2D eigenvalue weighted by molar-refractivity contribution is 5.97. The molecule has 0 saturated carbocycles. The van der Waals surface area contributed by atoms with Gasteiger partial charge >= 0.3 is 0 Å². The van der Waals surface area contributed by atoms with Crippen molar-refractivity contribution in [2.75, 3.05) is 33.0 Å². The average Bonchev–Trinajstić information content (AvgIpc) is 3.20. The number of likely N-dealkylation sites (tertiary alicyclic amines) is 2. The summed E-state index contributed by atoms with van der Waals surface area (Å²) >= 11 is 0. The molecule has 4 rings (SSSR count). The van der Waals surface area contributed by atoms with E-state index in [1.54, 1.807) is 6.07 Å². The highest BCUT2D eigenvalue weighted by atomic mass is 16.7. The standard InChI is InChI=1S/C18H24N2O4/c21-15-11-17-16(23-12-24-17)10-14(15)18(22)20-8-3-4-13(5-9-20)19-6-1-2-7-19/h10-11,13,21H,1-9,12H2/t13-/m0/s1. The van der Waals surface area contributed by atoms with Gasteiger partial charge in [-0.15, -0.1) is 0 Å². The Kier molecular flexibility index (Phi) is 4.22. The number of phenols is 1. The Hall–Kier alpha value is -1.95. The molecule has 2 saturated heterocycles. The summed E-state index contributed by atoms with van der Waals surface area (Å²) in [7, 11) is 0. The second-order valence-electron chi connectivity index (χ2n) is 6.84. The fourth-order valence-electron chi connectivity index (χ4n) is 4.03. The summed E-state index contributed by atoms with van der Waals surface area (Å²) in [5.74, 6) is 0.868. The Labute approximate surface area is 141 Å². The van der Waals surface area contributed by atoms with Gasteiger partial charge in [-0.25, -0.2) is 0 Å². The SMILES string of the molecule is O=C(c1cc2c(cc1O)OCO2)N1CCC[C@H](N2CCCC2)CC1. The highest BCUT2D eigenvalue weighted by Gasteiger charge is 2.29. The Balaban J connectivity index is 1.46. The van der Waals surface area contributed by atoms with Crippen LogP contribution in [0.5, 0.6) is 17.2 Å². The smallest absolute Gasteiger partial charge is 0.257 e. The van der Waals surface area contributed by atoms with Crippen molar-refractivity contribution in [1.82, 2.24) is 9.80 Å². The molecule has 1 atom stereocenters. The fraction of sp³-hybridized carbons (Fsp3) is 0.611. The number of carbonyl (C=O) groups excluding carboxylic acids is 1. The summed E-state index contributed by atoms with van der Waals surface area (Å²) in [6, 6.07) is 3.67. The van der Waals surface area contributed by atoms with Gasteiger partial charge in [0, 0.05) is 31.3 Å². The lowest BCUT2D eigenvalue weighted by molar-refractivity contribution is 0.0754. The first-order chi connectivity index (χ1) is 11.7. The monoisotopic (exact) mass is 332 g/mol. The Morgan fingerprint density at radius 1 is 1.00 bits per heavy atom. The molecule has 1 amide bonds. The molecule has 24 heavy (non-hydrogen) atoms. The summed E-state index contributed by atoms with van der Waals surface area (Å²) in [5.41, 5.74) is 0.305. The normalized spacial score (nSPS) is 24.2. The van der Waals surface area contributed by atoms with Gasteiger partial charge in [0.15, 0.2) is 11.5 Å². The van der Waals surface area contributed by atoms with E-state index in [-0.39, 0.29) is 18.4 Å². The molecule has 1 aromatic carbocycles. The van der Waals surface area contributed by atoms with Gasteiger partial charge in [-0.1, -0.05) is 0 Å². The molecule has 0 aromatic heterocycles. The van der Waals surface area contributed by atoms with Crippen LogP contribution in [-0.4, -0.2) is 59.8 Å². The lowest BCUT2D eigenvalue weighted by atomic mass is 10.1. The van der Waals surface area contributed by atoms with Crippen molar-refractivity contribution >= 4 is 5.91 Å². The number of amides is 1. The molecule has 0 spiro atoms. The number of carbonyl (C=O) groups is 1. The molecule has 0 aliphatic carbocycles. The van der Waals surface area contributed by atoms with E-state index in [1.165, 1.54) is 32.0 Å². The maximum absolute atomic E-state index is 12.9. The van der Waals surface area contributed by atoms with Gasteiger partial charge in [-0.3, -0.25) is 4.79 Å². The number of hydrogen-bond acceptors (Lipinski definition) is 5. The number of benzene rings is 1. The zero-order valence-corrected chi connectivity index (χ0v) is 13.9. The van der Waals surface area contributed by atoms with Gasteiger partial charge in [-0.2, -0.15) is 0 Å². The number of nitrogens with zero attached hydrogens (tertiary/aromatic N) is 2. The minimum Gasteiger partial charge on any atom is -0.507 e. The molecule has 2 fully saturated rings. The lowest BCUT2D eigenvalue weighted by Gasteiger charge is -2.26. The van der Waals surface area contributed by atoms with E-state index in [2.05, 4.69) is 4.90 Å². The van der Waals surface area contributed by atoms with E-state index in [0.29, 0.717) is 23.1 Å². The number of hydrogen-bond donors (Lipinski definition) is 1. The molecule has 3 heterocycles. The number of phenolic OH excluding ortho intramolecular Hbond substituents is 1. The minimum atomic E-state index is -0.118. The van der Waals surface area contributed by atoms with Gasteiger partial charge in [0.25, 0.3) is 5.91 Å². The van der Waals surface area contributed by atoms with Gasteiger partial charge in [-0.05, 0) is 45.2 Å². The second kappa shape index (κ2) is 6.51. The quantitative estimate of drug-likeness (QED) is 0.900. The predicted molar refractivity (Wildman–Crippen MR) is 88.6 cm³/mol. The maximum atomic E-state index is 12.9. The summed E-state index contributed by atoms with van der Waals surface area (Å²) in [6.07, 6.45) is 5.76. The van der Waals surface area contributed by atoms with E-state index >= 15 is 0 Å². The lowest BCUT2D eigenvalue weighted by Crippen LogP contribution is -2.35. The first-order valence-electron chi connectivity index (χ1n) is 8.88. The third-order valence-electron chi connectivity index (χ3n) is 5.36. The predicted octanol–water partition coefficient (Wildman–Crippen LogP) is 2.21. The van der Waals surface area contributed by atoms with Crippen LogP contribution < -0.4 is 9.47 Å². The van der Waals surface area contributed by atoms with Crippen LogP contribution in [0.2, 0.25) is 0 Å². The zero-order chi connectivity index (χ0) is 16.5. The van der Waals surface area contributed by atoms with Crippen LogP contribution in [0.4, 0.5) is 0 Å². The second-order valence-corrected chi connectivity index (χ2v) is 6.84. The van der Waals surface area contributed by atoms with Crippen LogP contribution in [0.25, 0.3) is 0 Å². The van der Waals surface area contributed by atoms with Crippen molar-refractivity contribution < 1.29 is 19.4 Å². The largest absolute Gasteiger partial charge is 0.507 e. The minimum absolute atomic E-state index is 0.0374. The molecule has 0 unspecified atom stereocenters. The summed E-state index contributed by atoms with van der Waals surface area (Å²) in [4.78, 5) is 17.3. The third-order valence-corrected chi connectivity index (χ3v) is 5.36. The molecule has 1 aromatic rings. The Morgan fingerprint density at radius 3 is 2.54 bits per heavy atom. The molecule has 3 aliphatic rings. The number of aromatic hydroxyl groups is 1. The van der Waals surface area contributed by atoms with E-state index in [4.69, 9.17) is 9.47 Å². The summed E-state index contributed by atoms with van der Waals surface area (Å²) in [6.45, 7) is 4.02. The van der Waals surface area contributed by atoms with E-state index < -0.39 is 0 Å². The fourth-order valence-corrected chi connectivity index (χ4v) is 4.03. The van der Waals surface area contributed by atoms with Crippen molar-refractivity contribution in [3.05, 3.63) is 17.7 Å². The van der Waals surface area contributed by atoms with Gasteiger partial charge in [0.2, 0.25) is 6.79 Å². The maximum Gasteiger partial charge on any atom is 0.257 e. The molecule has 0 radical (unpaired) electrons. The Morgan fingerprint density at radius 2 is 1.75 bits per heavy atom. The number of rotatable bonds is 2. The van der Waals surface area contributed by atoms with Crippen molar-refractivity contribution in [3.8, 4) is 17.2 Å². The van der Waals surface area contributed by atoms with Crippen LogP contribution in [0.15, 0.2) is 12.1 Å². The molecule has 0 bridgehead atoms. The topological polar surface area (TPSA) is 62.2 Å². The Bertz CT molecular complexity index is 628. The van der Waals surface area contributed by atoms with Crippen molar-refractivity contribution in [3.63, 3.8) is 0 Å². The van der Waals surface area contributed by atoms with Crippen LogP contribution in [-0.2, 0) is 0 Å². The molecule has 130 valence electrons. The van der Waals surface area contributed by atoms with Crippen LogP contribution in [0.3, 0.4) is 0 Å². The van der Waals surface area contributed by atoms with Gasteiger partial charge < -0.3 is 24.4 Å². The van der Waals surface area contributed by atoms with Crippen LogP contribution in [0.1, 0.15) is 42.5 Å². The van der Waals surface area contributed by atoms with Gasteiger partial charge in [0.1, 0.15) is 5.75 Å². The van der Waals surface area contributed by atoms with Crippen molar-refractivity contribution in [1.29, 1.82) is 0 Å².